The maximum absolute atomic E-state index is 12.2. The maximum atomic E-state index is 12.2. The Morgan fingerprint density at radius 2 is 1.94 bits per heavy atom. The van der Waals surface area contributed by atoms with E-state index < -0.39 is 0 Å². The van der Waals surface area contributed by atoms with Crippen LogP contribution in [0.1, 0.15) is 37.0 Å². The van der Waals surface area contributed by atoms with Gasteiger partial charge in [-0.15, -0.1) is 0 Å². The first-order valence-electron chi connectivity index (χ1n) is 6.09. The van der Waals surface area contributed by atoms with Gasteiger partial charge in [-0.2, -0.15) is 0 Å². The molecule has 1 saturated carbocycles. The van der Waals surface area contributed by atoms with E-state index in [4.69, 9.17) is 10.5 Å². The lowest BCUT2D eigenvalue weighted by molar-refractivity contribution is 0.0905. The Bertz CT molecular complexity index is 405. The van der Waals surface area contributed by atoms with E-state index >= 15 is 0 Å². The summed E-state index contributed by atoms with van der Waals surface area (Å²) in [5.41, 5.74) is 6.13. The molecule has 2 N–H and O–H groups in total. The summed E-state index contributed by atoms with van der Waals surface area (Å²) in [6.07, 6.45) is 1.99. The van der Waals surface area contributed by atoms with Gasteiger partial charge in [-0.1, -0.05) is 0 Å². The molecule has 1 aliphatic rings. The topological polar surface area (TPSA) is 52.3 Å². The van der Waals surface area contributed by atoms with E-state index in [2.05, 4.69) is 0 Å². The molecule has 0 amide bonds. The minimum absolute atomic E-state index is 0.148. The van der Waals surface area contributed by atoms with Crippen LogP contribution in [-0.2, 0) is 0 Å². The van der Waals surface area contributed by atoms with Crippen LogP contribution in [-0.4, -0.2) is 18.4 Å². The fourth-order valence-corrected chi connectivity index (χ4v) is 1.94. The molecule has 0 heterocycles. The minimum atomic E-state index is -0.263. The molecule has 1 fully saturated rings. The van der Waals surface area contributed by atoms with Crippen molar-refractivity contribution in [2.24, 2.45) is 11.1 Å². The highest BCUT2D eigenvalue weighted by molar-refractivity contribution is 6.02. The van der Waals surface area contributed by atoms with Gasteiger partial charge in [0, 0.05) is 17.5 Å². The maximum Gasteiger partial charge on any atom is 0.170 e. The van der Waals surface area contributed by atoms with Gasteiger partial charge in [-0.05, 0) is 51.0 Å². The van der Waals surface area contributed by atoms with Crippen molar-refractivity contribution in [2.45, 2.75) is 32.8 Å². The van der Waals surface area contributed by atoms with Crippen LogP contribution in [0.5, 0.6) is 5.75 Å². The number of nitrogens with two attached hydrogens (primary N) is 1. The molecule has 0 unspecified atom stereocenters. The molecule has 0 saturated heterocycles. The molecule has 0 atom stereocenters. The number of ketones is 1. The Hall–Kier alpha value is -1.35. The van der Waals surface area contributed by atoms with E-state index in [1.54, 1.807) is 0 Å². The Balaban J connectivity index is 2.10. The van der Waals surface area contributed by atoms with Crippen molar-refractivity contribution >= 4 is 5.78 Å². The van der Waals surface area contributed by atoms with Gasteiger partial charge in [0.2, 0.25) is 0 Å². The molecule has 0 aliphatic heterocycles. The van der Waals surface area contributed by atoms with Gasteiger partial charge in [0.1, 0.15) is 5.75 Å². The molecule has 1 aliphatic carbocycles. The summed E-state index contributed by atoms with van der Waals surface area (Å²) in [6, 6.07) is 7.35. The summed E-state index contributed by atoms with van der Waals surface area (Å²) in [5, 5.41) is 0. The van der Waals surface area contributed by atoms with Gasteiger partial charge in [0.25, 0.3) is 0 Å². The number of carbonyl (C=O) groups excluding carboxylic acids is 1. The second-order valence-electron chi connectivity index (χ2n) is 5.00. The average molecular weight is 233 g/mol. The number of carbonyl (C=O) groups is 1. The highest BCUT2D eigenvalue weighted by atomic mass is 16.5. The third kappa shape index (κ3) is 2.50. The first-order chi connectivity index (χ1) is 8.07. The summed E-state index contributed by atoms with van der Waals surface area (Å²) >= 11 is 0. The predicted octanol–water partition coefficient (Wildman–Crippen LogP) is 2.40. The zero-order valence-corrected chi connectivity index (χ0v) is 10.4. The smallest absolute Gasteiger partial charge is 0.170 e. The first kappa shape index (κ1) is 12.1. The highest BCUT2D eigenvalue weighted by Crippen LogP contribution is 2.47. The van der Waals surface area contributed by atoms with E-state index in [1.165, 1.54) is 0 Å². The average Bonchev–Trinajstić information content (AvgIpc) is 3.09. The Labute approximate surface area is 102 Å². The fraction of sp³-hybridized carbons (Fsp3) is 0.500. The summed E-state index contributed by atoms with van der Waals surface area (Å²) in [6.45, 7) is 4.41. The molecule has 0 spiro atoms. The molecule has 2 rings (SSSR count). The van der Waals surface area contributed by atoms with Gasteiger partial charge >= 0.3 is 0 Å². The zero-order chi connectivity index (χ0) is 12.5. The van der Waals surface area contributed by atoms with Crippen LogP contribution in [0, 0.1) is 5.41 Å². The third-order valence-corrected chi connectivity index (χ3v) is 3.21. The number of benzene rings is 1. The van der Waals surface area contributed by atoms with Crippen LogP contribution in [0.25, 0.3) is 0 Å². The number of Topliss-reactive ketones (excluding diaryl/α,β-unsaturated/α-hetero) is 1. The molecule has 3 heteroatoms. The standard InChI is InChI=1S/C14H19NO2/c1-10(2)17-12-5-3-11(4-6-12)13(16)14(9-15)7-8-14/h3-6,10H,7-9,15H2,1-2H3. The molecule has 0 aromatic heterocycles. The molecular formula is C14H19NO2. The lowest BCUT2D eigenvalue weighted by Crippen LogP contribution is -2.25. The molecule has 1 aromatic rings. The lowest BCUT2D eigenvalue weighted by Gasteiger charge is -2.12. The van der Waals surface area contributed by atoms with Gasteiger partial charge < -0.3 is 10.5 Å². The monoisotopic (exact) mass is 233 g/mol. The van der Waals surface area contributed by atoms with Gasteiger partial charge in [0.05, 0.1) is 6.10 Å². The van der Waals surface area contributed by atoms with E-state index in [-0.39, 0.29) is 17.3 Å². The third-order valence-electron chi connectivity index (χ3n) is 3.21. The van der Waals surface area contributed by atoms with Crippen molar-refractivity contribution in [1.82, 2.24) is 0 Å². The predicted molar refractivity (Wildman–Crippen MR) is 67.3 cm³/mol. The van der Waals surface area contributed by atoms with Crippen LogP contribution in [0.15, 0.2) is 24.3 Å². The quantitative estimate of drug-likeness (QED) is 0.794. The molecule has 1 aromatic carbocycles. The number of hydrogen-bond acceptors (Lipinski definition) is 3. The van der Waals surface area contributed by atoms with E-state index in [1.807, 2.05) is 38.1 Å². The lowest BCUT2D eigenvalue weighted by atomic mass is 9.95. The number of hydrogen-bond donors (Lipinski definition) is 1. The highest BCUT2D eigenvalue weighted by Gasteiger charge is 2.48. The Kier molecular flexibility index (Phi) is 3.20. The Morgan fingerprint density at radius 3 is 2.35 bits per heavy atom. The van der Waals surface area contributed by atoms with Gasteiger partial charge in [-0.25, -0.2) is 0 Å². The van der Waals surface area contributed by atoms with Crippen LogP contribution < -0.4 is 10.5 Å². The zero-order valence-electron chi connectivity index (χ0n) is 10.4. The van der Waals surface area contributed by atoms with Crippen molar-refractivity contribution in [3.8, 4) is 5.75 Å². The summed E-state index contributed by atoms with van der Waals surface area (Å²) in [5.74, 6) is 0.977. The van der Waals surface area contributed by atoms with Crippen LogP contribution in [0.3, 0.4) is 0 Å². The normalized spacial score (nSPS) is 16.9. The second kappa shape index (κ2) is 4.49. The SMILES string of the molecule is CC(C)Oc1ccc(C(=O)C2(CN)CC2)cc1. The van der Waals surface area contributed by atoms with Gasteiger partial charge in [0.15, 0.2) is 5.78 Å². The van der Waals surface area contributed by atoms with Crippen molar-refractivity contribution in [1.29, 1.82) is 0 Å². The van der Waals surface area contributed by atoms with Crippen molar-refractivity contribution in [2.75, 3.05) is 6.54 Å². The van der Waals surface area contributed by atoms with Crippen LogP contribution in [0.4, 0.5) is 0 Å². The summed E-state index contributed by atoms with van der Waals surface area (Å²) < 4.78 is 5.54. The number of ether oxygens (including phenoxy) is 1. The molecule has 0 bridgehead atoms. The van der Waals surface area contributed by atoms with E-state index in [0.717, 1.165) is 24.2 Å². The fourth-order valence-electron chi connectivity index (χ4n) is 1.94. The Morgan fingerprint density at radius 1 is 1.35 bits per heavy atom. The van der Waals surface area contributed by atoms with Crippen molar-refractivity contribution in [3.05, 3.63) is 29.8 Å². The minimum Gasteiger partial charge on any atom is -0.491 e. The summed E-state index contributed by atoms with van der Waals surface area (Å²) in [7, 11) is 0. The molecule has 3 nitrogen and oxygen atoms in total. The summed E-state index contributed by atoms with van der Waals surface area (Å²) in [4.78, 5) is 12.2. The molecule has 17 heavy (non-hydrogen) atoms. The van der Waals surface area contributed by atoms with E-state index in [9.17, 15) is 4.79 Å². The van der Waals surface area contributed by atoms with Crippen LogP contribution >= 0.6 is 0 Å². The van der Waals surface area contributed by atoms with Gasteiger partial charge in [-0.3, -0.25) is 4.79 Å². The van der Waals surface area contributed by atoms with Crippen molar-refractivity contribution in [3.63, 3.8) is 0 Å². The second-order valence-corrected chi connectivity index (χ2v) is 5.00. The first-order valence-corrected chi connectivity index (χ1v) is 6.09. The molecule has 92 valence electrons. The molecular weight excluding hydrogens is 214 g/mol. The molecule has 0 radical (unpaired) electrons. The van der Waals surface area contributed by atoms with E-state index in [0.29, 0.717) is 6.54 Å². The number of rotatable bonds is 5. The van der Waals surface area contributed by atoms with Crippen LogP contribution in [0.2, 0.25) is 0 Å². The largest absolute Gasteiger partial charge is 0.491 e. The van der Waals surface area contributed by atoms with Crippen molar-refractivity contribution < 1.29 is 9.53 Å².